The Kier molecular flexibility index (Phi) is 8.99. The van der Waals surface area contributed by atoms with Gasteiger partial charge in [0, 0.05) is 13.7 Å². The van der Waals surface area contributed by atoms with Crippen LogP contribution in [-0.4, -0.2) is 52.5 Å². The molecule has 0 aliphatic carbocycles. The van der Waals surface area contributed by atoms with Crippen LogP contribution in [0.2, 0.25) is 0 Å². The number of nitrogens with one attached hydrogen (secondary N) is 1. The van der Waals surface area contributed by atoms with Gasteiger partial charge in [-0.3, -0.25) is 4.79 Å². The van der Waals surface area contributed by atoms with E-state index in [1.807, 2.05) is 25.1 Å². The molecule has 1 rings (SSSR count). The molecule has 0 aliphatic rings. The number of methoxy groups -OCH3 is 2. The first kappa shape index (κ1) is 19.5. The van der Waals surface area contributed by atoms with Gasteiger partial charge in [-0.2, -0.15) is 0 Å². The third-order valence-electron chi connectivity index (χ3n) is 2.88. The molecule has 0 radical (unpaired) electrons. The summed E-state index contributed by atoms with van der Waals surface area (Å²) in [7, 11) is 3.05. The number of hydrogen-bond acceptors (Lipinski definition) is 6. The zero-order chi connectivity index (χ0) is 17.8. The summed E-state index contributed by atoms with van der Waals surface area (Å²) < 4.78 is 20.2. The number of hydrogen-bond donors (Lipinski definition) is 1. The van der Waals surface area contributed by atoms with E-state index < -0.39 is 11.9 Å². The van der Waals surface area contributed by atoms with E-state index >= 15 is 0 Å². The van der Waals surface area contributed by atoms with E-state index in [1.54, 1.807) is 12.1 Å². The van der Waals surface area contributed by atoms with Gasteiger partial charge in [0.15, 0.2) is 24.7 Å². The van der Waals surface area contributed by atoms with E-state index in [1.165, 1.54) is 14.2 Å². The van der Waals surface area contributed by atoms with Crippen LogP contribution in [0.4, 0.5) is 0 Å². The molecule has 0 fully saturated rings. The molecule has 0 atom stereocenters. The Bertz CT molecular complexity index is 570. The summed E-state index contributed by atoms with van der Waals surface area (Å²) in [4.78, 5) is 23.0. The lowest BCUT2D eigenvalue weighted by Crippen LogP contribution is -2.32. The number of esters is 1. The monoisotopic (exact) mass is 337 g/mol. The third kappa shape index (κ3) is 7.15. The molecule has 0 spiro atoms. The summed E-state index contributed by atoms with van der Waals surface area (Å²) >= 11 is 0. The predicted molar refractivity (Wildman–Crippen MR) is 89.0 cm³/mol. The number of amides is 1. The number of benzene rings is 1. The quantitative estimate of drug-likeness (QED) is 0.513. The lowest BCUT2D eigenvalue weighted by Gasteiger charge is -2.11. The van der Waals surface area contributed by atoms with Crippen LogP contribution in [0, 0.1) is 0 Å². The predicted octanol–water partition coefficient (Wildman–Crippen LogP) is 1.41. The van der Waals surface area contributed by atoms with Crippen LogP contribution in [0.1, 0.15) is 12.5 Å². The first-order valence-electron chi connectivity index (χ1n) is 7.45. The van der Waals surface area contributed by atoms with Crippen LogP contribution >= 0.6 is 0 Å². The van der Waals surface area contributed by atoms with Gasteiger partial charge in [0.25, 0.3) is 5.91 Å². The maximum absolute atomic E-state index is 11.6. The van der Waals surface area contributed by atoms with Crippen molar-refractivity contribution in [1.82, 2.24) is 5.32 Å². The molecule has 7 heteroatoms. The van der Waals surface area contributed by atoms with Gasteiger partial charge in [-0.15, -0.1) is 0 Å². The minimum Gasteiger partial charge on any atom is -0.493 e. The number of rotatable bonds is 10. The molecule has 1 amide bonds. The highest BCUT2D eigenvalue weighted by molar-refractivity contribution is 5.80. The lowest BCUT2D eigenvalue weighted by molar-refractivity contribution is -0.150. The maximum atomic E-state index is 11.6. The van der Waals surface area contributed by atoms with Gasteiger partial charge >= 0.3 is 5.97 Å². The van der Waals surface area contributed by atoms with Crippen LogP contribution < -0.4 is 14.8 Å². The van der Waals surface area contributed by atoms with E-state index in [0.29, 0.717) is 24.7 Å². The summed E-state index contributed by atoms with van der Waals surface area (Å²) in [5, 5.41) is 2.54. The molecule has 0 aliphatic heterocycles. The standard InChI is InChI=1S/C17H23NO6/c1-4-5-13-6-7-14(15(10-13)22-3)23-12-17(20)24-11-16(19)18-8-9-21-2/h4-7,10H,8-9,11-12H2,1-3H3,(H,18,19)/b5-4+. The van der Waals surface area contributed by atoms with Crippen molar-refractivity contribution in [2.24, 2.45) is 0 Å². The molecular weight excluding hydrogens is 314 g/mol. The van der Waals surface area contributed by atoms with E-state index in [9.17, 15) is 9.59 Å². The normalized spacial score (nSPS) is 10.5. The lowest BCUT2D eigenvalue weighted by atomic mass is 10.2. The molecule has 1 aromatic carbocycles. The van der Waals surface area contributed by atoms with Crippen molar-refractivity contribution in [3.05, 3.63) is 29.8 Å². The van der Waals surface area contributed by atoms with Crippen molar-refractivity contribution < 1.29 is 28.5 Å². The molecule has 24 heavy (non-hydrogen) atoms. The molecule has 1 aromatic rings. The Morgan fingerprint density at radius 1 is 1.17 bits per heavy atom. The van der Waals surface area contributed by atoms with Gasteiger partial charge in [-0.1, -0.05) is 18.2 Å². The topological polar surface area (TPSA) is 83.1 Å². The van der Waals surface area contributed by atoms with Gasteiger partial charge in [0.1, 0.15) is 0 Å². The maximum Gasteiger partial charge on any atom is 0.344 e. The van der Waals surface area contributed by atoms with Gasteiger partial charge in [0.05, 0.1) is 13.7 Å². The third-order valence-corrected chi connectivity index (χ3v) is 2.88. The Hall–Kier alpha value is -2.54. The zero-order valence-electron chi connectivity index (χ0n) is 14.2. The van der Waals surface area contributed by atoms with Crippen LogP contribution in [0.5, 0.6) is 11.5 Å². The van der Waals surface area contributed by atoms with Crippen molar-refractivity contribution >= 4 is 18.0 Å². The summed E-state index contributed by atoms with van der Waals surface area (Å²) in [6.45, 7) is 2.00. The minimum atomic E-state index is -0.642. The number of ether oxygens (including phenoxy) is 4. The molecule has 1 N–H and O–H groups in total. The Morgan fingerprint density at radius 2 is 1.96 bits per heavy atom. The SMILES string of the molecule is C/C=C/c1ccc(OCC(=O)OCC(=O)NCCOC)c(OC)c1. The first-order chi connectivity index (χ1) is 11.6. The van der Waals surface area contributed by atoms with Gasteiger partial charge in [-0.25, -0.2) is 4.79 Å². The molecule has 0 bridgehead atoms. The zero-order valence-corrected chi connectivity index (χ0v) is 14.2. The molecule has 7 nitrogen and oxygen atoms in total. The summed E-state index contributed by atoms with van der Waals surface area (Å²) in [6.07, 6.45) is 3.83. The van der Waals surface area contributed by atoms with Gasteiger partial charge in [-0.05, 0) is 24.6 Å². The molecule has 0 aromatic heterocycles. The average Bonchev–Trinajstić information content (AvgIpc) is 2.59. The fourth-order valence-electron chi connectivity index (χ4n) is 1.77. The van der Waals surface area contributed by atoms with Crippen LogP contribution in [0.3, 0.4) is 0 Å². The second-order valence-corrected chi connectivity index (χ2v) is 4.70. The van der Waals surface area contributed by atoms with Crippen molar-refractivity contribution in [3.63, 3.8) is 0 Å². The average molecular weight is 337 g/mol. The smallest absolute Gasteiger partial charge is 0.344 e. The van der Waals surface area contributed by atoms with Crippen molar-refractivity contribution in [2.45, 2.75) is 6.92 Å². The number of allylic oxidation sites excluding steroid dienone is 1. The summed E-state index contributed by atoms with van der Waals surface area (Å²) in [5.74, 6) is -0.104. The number of carbonyl (C=O) groups excluding carboxylic acids is 2. The Balaban J connectivity index is 2.42. The van der Waals surface area contributed by atoms with E-state index in [0.717, 1.165) is 5.56 Å². The molecular formula is C17H23NO6. The fourth-order valence-corrected chi connectivity index (χ4v) is 1.77. The molecule has 132 valence electrons. The molecule has 0 unspecified atom stereocenters. The van der Waals surface area contributed by atoms with E-state index in [-0.39, 0.29) is 13.2 Å². The van der Waals surface area contributed by atoms with E-state index in [2.05, 4.69) is 5.32 Å². The second kappa shape index (κ2) is 11.1. The Morgan fingerprint density at radius 3 is 2.62 bits per heavy atom. The Labute approximate surface area is 141 Å². The van der Waals surface area contributed by atoms with Crippen molar-refractivity contribution in [3.8, 4) is 11.5 Å². The van der Waals surface area contributed by atoms with Gasteiger partial charge in [0.2, 0.25) is 0 Å². The van der Waals surface area contributed by atoms with Crippen LogP contribution in [-0.2, 0) is 19.1 Å². The minimum absolute atomic E-state index is 0.315. The summed E-state index contributed by atoms with van der Waals surface area (Å²) in [6, 6.07) is 5.34. The largest absolute Gasteiger partial charge is 0.493 e. The van der Waals surface area contributed by atoms with Gasteiger partial charge < -0.3 is 24.3 Å². The van der Waals surface area contributed by atoms with Crippen molar-refractivity contribution in [2.75, 3.05) is 40.6 Å². The summed E-state index contributed by atoms with van der Waals surface area (Å²) in [5.41, 5.74) is 0.956. The highest BCUT2D eigenvalue weighted by Crippen LogP contribution is 2.28. The van der Waals surface area contributed by atoms with E-state index in [4.69, 9.17) is 18.9 Å². The highest BCUT2D eigenvalue weighted by atomic mass is 16.6. The molecule has 0 saturated heterocycles. The van der Waals surface area contributed by atoms with Crippen LogP contribution in [0.15, 0.2) is 24.3 Å². The second-order valence-electron chi connectivity index (χ2n) is 4.70. The molecule has 0 saturated carbocycles. The fraction of sp³-hybridized carbons (Fsp3) is 0.412. The molecule has 0 heterocycles. The highest BCUT2D eigenvalue weighted by Gasteiger charge is 2.11. The van der Waals surface area contributed by atoms with Crippen molar-refractivity contribution in [1.29, 1.82) is 0 Å². The number of carbonyl (C=O) groups is 2. The first-order valence-corrected chi connectivity index (χ1v) is 7.45. The van der Waals surface area contributed by atoms with Crippen LogP contribution in [0.25, 0.3) is 6.08 Å².